The molecule has 164 valence electrons. The predicted octanol–water partition coefficient (Wildman–Crippen LogP) is 6.85. The van der Waals surface area contributed by atoms with E-state index in [1.165, 1.54) is 0 Å². The zero-order valence-corrected chi connectivity index (χ0v) is 19.7. The van der Waals surface area contributed by atoms with E-state index in [1.54, 1.807) is 6.26 Å². The molecule has 0 saturated carbocycles. The van der Waals surface area contributed by atoms with Gasteiger partial charge in [-0.2, -0.15) is 0 Å². The fraction of sp³-hybridized carbons (Fsp3) is 0.400. The number of carbonyl (C=O) groups is 1. The Bertz CT molecular complexity index is 1040. The molecule has 0 bridgehead atoms. The maximum absolute atomic E-state index is 13.0. The molecule has 1 fully saturated rings. The molecule has 31 heavy (non-hydrogen) atoms. The maximum atomic E-state index is 13.0. The molecule has 2 unspecified atom stereocenters. The number of benzene rings is 2. The molecular weight excluding hydrogens is 458 g/mol. The minimum atomic E-state index is -0.548. The Kier molecular flexibility index (Phi) is 6.39. The molecule has 1 amide bonds. The van der Waals surface area contributed by atoms with E-state index < -0.39 is 5.60 Å². The summed E-state index contributed by atoms with van der Waals surface area (Å²) in [5.74, 6) is 0. The Morgan fingerprint density at radius 3 is 2.71 bits per heavy atom. The zero-order valence-electron chi connectivity index (χ0n) is 18.1. The second-order valence-electron chi connectivity index (χ2n) is 8.92. The van der Waals surface area contributed by atoms with Crippen molar-refractivity contribution >= 4 is 33.0 Å². The fourth-order valence-electron chi connectivity index (χ4n) is 4.13. The smallest absolute Gasteiger partial charge is 0.410 e. The summed E-state index contributed by atoms with van der Waals surface area (Å²) in [4.78, 5) is 14.8. The van der Waals surface area contributed by atoms with E-state index in [2.05, 4.69) is 15.9 Å². The highest BCUT2D eigenvalue weighted by atomic mass is 79.9. The van der Waals surface area contributed by atoms with Gasteiger partial charge in [0, 0.05) is 22.0 Å². The SMILES string of the molecule is CC(C)(C)OC(=O)N1CCCC(OCc2cc(Br)cc3ccoc23)C1c1ccccc1. The van der Waals surface area contributed by atoms with Crippen LogP contribution < -0.4 is 0 Å². The molecule has 5 nitrogen and oxygen atoms in total. The van der Waals surface area contributed by atoms with Gasteiger partial charge in [0.05, 0.1) is 25.0 Å². The van der Waals surface area contributed by atoms with Gasteiger partial charge in [-0.3, -0.25) is 4.90 Å². The highest BCUT2D eigenvalue weighted by Crippen LogP contribution is 2.36. The molecule has 2 heterocycles. The number of piperidine rings is 1. The van der Waals surface area contributed by atoms with Crippen LogP contribution in [0, 0.1) is 0 Å². The van der Waals surface area contributed by atoms with Crippen molar-refractivity contribution in [3.05, 3.63) is 70.4 Å². The number of hydrogen-bond acceptors (Lipinski definition) is 4. The first kappa shape index (κ1) is 21.9. The molecule has 1 saturated heterocycles. The molecule has 1 aliphatic rings. The normalized spacial score (nSPS) is 19.5. The second kappa shape index (κ2) is 9.05. The first-order valence-corrected chi connectivity index (χ1v) is 11.4. The average Bonchev–Trinajstić information content (AvgIpc) is 3.19. The molecule has 2 atom stereocenters. The van der Waals surface area contributed by atoms with Crippen molar-refractivity contribution in [1.82, 2.24) is 4.90 Å². The summed E-state index contributed by atoms with van der Waals surface area (Å²) in [6.45, 7) is 6.72. The molecule has 6 heteroatoms. The van der Waals surface area contributed by atoms with Crippen molar-refractivity contribution in [1.29, 1.82) is 0 Å². The minimum Gasteiger partial charge on any atom is -0.464 e. The number of hydrogen-bond donors (Lipinski definition) is 0. The van der Waals surface area contributed by atoms with Crippen LogP contribution in [0.3, 0.4) is 0 Å². The summed E-state index contributed by atoms with van der Waals surface area (Å²) in [6.07, 6.45) is 2.98. The number of furan rings is 1. The Morgan fingerprint density at radius 2 is 1.97 bits per heavy atom. The van der Waals surface area contributed by atoms with Crippen LogP contribution in [-0.4, -0.2) is 29.2 Å². The number of fused-ring (bicyclic) bond motifs is 1. The lowest BCUT2D eigenvalue weighted by atomic mass is 9.92. The molecule has 0 aliphatic carbocycles. The number of likely N-dealkylation sites (tertiary alicyclic amines) is 1. The van der Waals surface area contributed by atoms with Crippen molar-refractivity contribution in [2.75, 3.05) is 6.54 Å². The number of rotatable bonds is 4. The number of ether oxygens (including phenoxy) is 2. The van der Waals surface area contributed by atoms with Crippen LogP contribution in [0.5, 0.6) is 0 Å². The van der Waals surface area contributed by atoms with E-state index in [-0.39, 0.29) is 18.2 Å². The van der Waals surface area contributed by atoms with Gasteiger partial charge >= 0.3 is 6.09 Å². The van der Waals surface area contributed by atoms with E-state index in [1.807, 2.05) is 74.2 Å². The van der Waals surface area contributed by atoms with Gasteiger partial charge in [0.25, 0.3) is 0 Å². The second-order valence-corrected chi connectivity index (χ2v) is 9.84. The van der Waals surface area contributed by atoms with Crippen LogP contribution in [-0.2, 0) is 16.1 Å². The summed E-state index contributed by atoms with van der Waals surface area (Å²) in [7, 11) is 0. The van der Waals surface area contributed by atoms with Gasteiger partial charge in [-0.1, -0.05) is 46.3 Å². The molecule has 3 aromatic rings. The molecule has 1 aliphatic heterocycles. The molecular formula is C25H28BrNO4. The maximum Gasteiger partial charge on any atom is 0.410 e. The van der Waals surface area contributed by atoms with Crippen molar-refractivity contribution < 1.29 is 18.7 Å². The molecule has 1 aromatic heterocycles. The number of amides is 1. The van der Waals surface area contributed by atoms with Crippen LogP contribution in [0.2, 0.25) is 0 Å². The highest BCUT2D eigenvalue weighted by molar-refractivity contribution is 9.10. The topological polar surface area (TPSA) is 51.9 Å². The summed E-state index contributed by atoms with van der Waals surface area (Å²) in [5, 5.41) is 1.03. The van der Waals surface area contributed by atoms with Crippen molar-refractivity contribution in [3.8, 4) is 0 Å². The average molecular weight is 486 g/mol. The molecule has 4 rings (SSSR count). The van der Waals surface area contributed by atoms with Gasteiger partial charge in [-0.25, -0.2) is 4.79 Å². The number of carbonyl (C=O) groups excluding carboxylic acids is 1. The lowest BCUT2D eigenvalue weighted by Crippen LogP contribution is -2.47. The van der Waals surface area contributed by atoms with E-state index in [0.29, 0.717) is 13.2 Å². The van der Waals surface area contributed by atoms with Crippen molar-refractivity contribution in [2.24, 2.45) is 0 Å². The summed E-state index contributed by atoms with van der Waals surface area (Å²) in [5.41, 5.74) is 2.32. The largest absolute Gasteiger partial charge is 0.464 e. The molecule has 0 spiro atoms. The van der Waals surface area contributed by atoms with E-state index in [0.717, 1.165) is 39.4 Å². The summed E-state index contributed by atoms with van der Waals surface area (Å²) < 4.78 is 18.8. The standard InChI is InChI=1S/C25H28BrNO4/c1-25(2,3)31-24(28)27-12-7-10-21(22(27)17-8-5-4-6-9-17)30-16-19-15-20(26)14-18-11-13-29-23(18)19/h4-6,8-9,11,13-15,21-22H,7,10,12,16H2,1-3H3. The molecule has 0 radical (unpaired) electrons. The summed E-state index contributed by atoms with van der Waals surface area (Å²) >= 11 is 3.57. The van der Waals surface area contributed by atoms with E-state index in [4.69, 9.17) is 13.9 Å². The first-order valence-electron chi connectivity index (χ1n) is 10.6. The Morgan fingerprint density at radius 1 is 1.19 bits per heavy atom. The van der Waals surface area contributed by atoms with E-state index >= 15 is 0 Å². The van der Waals surface area contributed by atoms with Crippen LogP contribution in [0.25, 0.3) is 11.0 Å². The Hall–Kier alpha value is -2.31. The number of nitrogens with zero attached hydrogens (tertiary/aromatic N) is 1. The number of halogens is 1. The van der Waals surface area contributed by atoms with Gasteiger partial charge < -0.3 is 13.9 Å². The van der Waals surface area contributed by atoms with Gasteiger partial charge in [0.1, 0.15) is 11.2 Å². The predicted molar refractivity (Wildman–Crippen MR) is 124 cm³/mol. The quantitative estimate of drug-likeness (QED) is 0.405. The van der Waals surface area contributed by atoms with Gasteiger partial charge in [0.2, 0.25) is 0 Å². The zero-order chi connectivity index (χ0) is 22.0. The van der Waals surface area contributed by atoms with Crippen molar-refractivity contribution in [2.45, 2.75) is 58.0 Å². The van der Waals surface area contributed by atoms with Gasteiger partial charge in [-0.05, 0) is 57.4 Å². The first-order chi connectivity index (χ1) is 14.8. The molecule has 2 aromatic carbocycles. The monoisotopic (exact) mass is 485 g/mol. The highest BCUT2D eigenvalue weighted by Gasteiger charge is 2.38. The van der Waals surface area contributed by atoms with Gasteiger partial charge in [0.15, 0.2) is 0 Å². The fourth-order valence-corrected chi connectivity index (χ4v) is 4.65. The van der Waals surface area contributed by atoms with E-state index in [9.17, 15) is 4.79 Å². The van der Waals surface area contributed by atoms with Crippen LogP contribution in [0.4, 0.5) is 4.79 Å². The lowest BCUT2D eigenvalue weighted by molar-refractivity contribution is -0.0599. The Balaban J connectivity index is 1.60. The van der Waals surface area contributed by atoms with Gasteiger partial charge in [-0.15, -0.1) is 0 Å². The van der Waals surface area contributed by atoms with Crippen molar-refractivity contribution in [3.63, 3.8) is 0 Å². The summed E-state index contributed by atoms with van der Waals surface area (Å²) in [6, 6.07) is 15.9. The third-order valence-electron chi connectivity index (χ3n) is 5.39. The minimum absolute atomic E-state index is 0.146. The Labute approximate surface area is 191 Å². The lowest BCUT2D eigenvalue weighted by Gasteiger charge is -2.41. The third-order valence-corrected chi connectivity index (χ3v) is 5.85. The third kappa shape index (κ3) is 5.13. The van der Waals surface area contributed by atoms with Crippen LogP contribution in [0.15, 0.2) is 63.7 Å². The van der Waals surface area contributed by atoms with Crippen LogP contribution in [0.1, 0.15) is 50.8 Å². The molecule has 0 N–H and O–H groups in total. The van der Waals surface area contributed by atoms with Crippen LogP contribution >= 0.6 is 15.9 Å².